The van der Waals surface area contributed by atoms with E-state index in [-0.39, 0.29) is 11.8 Å². The van der Waals surface area contributed by atoms with Crippen LogP contribution in [0.3, 0.4) is 0 Å². The summed E-state index contributed by atoms with van der Waals surface area (Å²) in [7, 11) is 0. The number of aromatic nitrogens is 1. The van der Waals surface area contributed by atoms with E-state index in [9.17, 15) is 4.79 Å². The fraction of sp³-hybridized carbons (Fsp3) is 0.250. The number of hydrogen-bond donors (Lipinski definition) is 1. The van der Waals surface area contributed by atoms with Gasteiger partial charge in [-0.25, -0.2) is 0 Å². The van der Waals surface area contributed by atoms with Gasteiger partial charge in [0.1, 0.15) is 0 Å². The van der Waals surface area contributed by atoms with E-state index in [1.165, 1.54) is 11.1 Å². The maximum Gasteiger partial charge on any atom is 0.154 e. The molecule has 1 N–H and O–H groups in total. The highest BCUT2D eigenvalue weighted by Gasteiger charge is 2.23. The molecule has 1 aromatic carbocycles. The Labute approximate surface area is 126 Å². The molecule has 4 heteroatoms. The van der Waals surface area contributed by atoms with Gasteiger partial charge in [-0.2, -0.15) is 0 Å². The molecule has 0 spiro atoms. The number of fused-ring (bicyclic) bond motifs is 1. The van der Waals surface area contributed by atoms with Crippen molar-refractivity contribution in [3.8, 4) is 0 Å². The molecule has 1 aromatic heterocycles. The zero-order chi connectivity index (χ0) is 13.9. The summed E-state index contributed by atoms with van der Waals surface area (Å²) in [5.74, 6) is 0.222. The maximum atomic E-state index is 12.4. The van der Waals surface area contributed by atoms with E-state index >= 15 is 0 Å². The molecular weight excluding hydrogens is 316 g/mol. The molecule has 1 aliphatic rings. The molecule has 1 aliphatic heterocycles. The minimum Gasteiger partial charge on any atom is -0.303 e. The molecule has 3 nitrogen and oxygen atoms in total. The predicted molar refractivity (Wildman–Crippen MR) is 81.4 cm³/mol. The van der Waals surface area contributed by atoms with Crippen molar-refractivity contribution in [2.24, 2.45) is 0 Å². The number of carbonyl (C=O) groups excluding carboxylic acids is 1. The molecule has 102 valence electrons. The zero-order valence-electron chi connectivity index (χ0n) is 11.0. The van der Waals surface area contributed by atoms with E-state index in [2.05, 4.69) is 38.4 Å². The quantitative estimate of drug-likeness (QED) is 0.940. The topological polar surface area (TPSA) is 42.0 Å². The van der Waals surface area contributed by atoms with Gasteiger partial charge in [-0.15, -0.1) is 0 Å². The molecule has 1 unspecified atom stereocenters. The van der Waals surface area contributed by atoms with Crippen molar-refractivity contribution in [2.45, 2.75) is 25.4 Å². The normalized spacial score (nSPS) is 17.6. The van der Waals surface area contributed by atoms with Crippen LogP contribution < -0.4 is 5.32 Å². The summed E-state index contributed by atoms with van der Waals surface area (Å²) >= 11 is 3.38. The lowest BCUT2D eigenvalue weighted by Gasteiger charge is -2.25. The maximum absolute atomic E-state index is 12.4. The third kappa shape index (κ3) is 2.97. The van der Waals surface area contributed by atoms with Gasteiger partial charge in [0.25, 0.3) is 0 Å². The molecular formula is C16H15BrN2O. The van der Waals surface area contributed by atoms with Gasteiger partial charge >= 0.3 is 0 Å². The van der Waals surface area contributed by atoms with E-state index in [0.29, 0.717) is 6.42 Å². The minimum absolute atomic E-state index is 0.0936. The molecule has 0 bridgehead atoms. The third-order valence-corrected chi connectivity index (χ3v) is 4.04. The van der Waals surface area contributed by atoms with Gasteiger partial charge in [0.2, 0.25) is 0 Å². The first-order chi connectivity index (χ1) is 9.72. The first-order valence-electron chi connectivity index (χ1n) is 6.64. The second kappa shape index (κ2) is 5.85. The van der Waals surface area contributed by atoms with Gasteiger partial charge in [-0.1, -0.05) is 24.3 Å². The van der Waals surface area contributed by atoms with Crippen LogP contribution in [0, 0.1) is 0 Å². The summed E-state index contributed by atoms with van der Waals surface area (Å²) in [6, 6.07) is 10.1. The number of rotatable bonds is 3. The van der Waals surface area contributed by atoms with Crippen LogP contribution in [0.15, 0.2) is 47.2 Å². The highest BCUT2D eigenvalue weighted by atomic mass is 79.9. The van der Waals surface area contributed by atoms with Gasteiger partial charge in [-0.05, 0) is 45.1 Å². The van der Waals surface area contributed by atoms with E-state index in [1.54, 1.807) is 12.4 Å². The summed E-state index contributed by atoms with van der Waals surface area (Å²) in [4.78, 5) is 16.5. The predicted octanol–water partition coefficient (Wildman–Crippen LogP) is 2.67. The number of halogens is 1. The molecule has 20 heavy (non-hydrogen) atoms. The lowest BCUT2D eigenvalue weighted by atomic mass is 9.92. The number of benzene rings is 1. The molecule has 0 saturated carbocycles. The Balaban J connectivity index is 1.70. The third-order valence-electron chi connectivity index (χ3n) is 3.61. The van der Waals surface area contributed by atoms with Crippen molar-refractivity contribution in [3.63, 3.8) is 0 Å². The zero-order valence-corrected chi connectivity index (χ0v) is 12.6. The van der Waals surface area contributed by atoms with Gasteiger partial charge in [0, 0.05) is 29.8 Å². The molecule has 3 rings (SSSR count). The van der Waals surface area contributed by atoms with Crippen molar-refractivity contribution in [1.29, 1.82) is 0 Å². The van der Waals surface area contributed by atoms with Crippen LogP contribution in [-0.2, 0) is 24.2 Å². The number of nitrogens with one attached hydrogen (secondary N) is 1. The Morgan fingerprint density at radius 1 is 1.30 bits per heavy atom. The number of Topliss-reactive ketones (excluding diaryl/α,β-unsaturated/α-hetero) is 1. The second-order valence-electron chi connectivity index (χ2n) is 5.06. The van der Waals surface area contributed by atoms with Crippen LogP contribution in [0.5, 0.6) is 0 Å². The lowest BCUT2D eigenvalue weighted by molar-refractivity contribution is -0.120. The molecule has 1 atom stereocenters. The first-order valence-corrected chi connectivity index (χ1v) is 7.44. The summed E-state index contributed by atoms with van der Waals surface area (Å²) in [6.45, 7) is 0.767. The molecule has 0 saturated heterocycles. The molecule has 2 aromatic rings. The summed E-state index contributed by atoms with van der Waals surface area (Å²) < 4.78 is 0.907. The first kappa shape index (κ1) is 13.5. The van der Waals surface area contributed by atoms with E-state index < -0.39 is 0 Å². The van der Waals surface area contributed by atoms with Crippen LogP contribution in [0.4, 0.5) is 0 Å². The number of ketones is 1. The van der Waals surface area contributed by atoms with Crippen LogP contribution >= 0.6 is 15.9 Å². The largest absolute Gasteiger partial charge is 0.303 e. The van der Waals surface area contributed by atoms with Crippen LogP contribution in [0.2, 0.25) is 0 Å². The molecule has 0 radical (unpaired) electrons. The van der Waals surface area contributed by atoms with Crippen molar-refractivity contribution < 1.29 is 4.79 Å². The smallest absolute Gasteiger partial charge is 0.154 e. The van der Waals surface area contributed by atoms with E-state index in [4.69, 9.17) is 0 Å². The molecule has 0 aliphatic carbocycles. The highest BCUT2D eigenvalue weighted by Crippen LogP contribution is 2.18. The number of nitrogens with zero attached hydrogens (tertiary/aromatic N) is 1. The molecule has 0 fully saturated rings. The van der Waals surface area contributed by atoms with E-state index in [0.717, 1.165) is 23.0 Å². The fourth-order valence-electron chi connectivity index (χ4n) is 2.56. The van der Waals surface area contributed by atoms with Gasteiger partial charge < -0.3 is 5.32 Å². The molecule has 2 heterocycles. The van der Waals surface area contributed by atoms with Crippen molar-refractivity contribution in [3.05, 3.63) is 63.9 Å². The van der Waals surface area contributed by atoms with Gasteiger partial charge in [-0.3, -0.25) is 9.78 Å². The highest BCUT2D eigenvalue weighted by molar-refractivity contribution is 9.10. The van der Waals surface area contributed by atoms with Crippen molar-refractivity contribution >= 4 is 21.7 Å². The Hall–Kier alpha value is -1.52. The number of hydrogen-bond acceptors (Lipinski definition) is 3. The van der Waals surface area contributed by atoms with E-state index in [1.807, 2.05) is 18.2 Å². The standard InChI is InChI=1S/C16H15BrN2O/c17-14-5-11(8-18-10-14)6-16(20)15-7-12-3-1-2-4-13(12)9-19-15/h1-5,8,10,15,19H,6-7,9H2. The average molecular weight is 331 g/mol. The number of pyridine rings is 1. The lowest BCUT2D eigenvalue weighted by Crippen LogP contribution is -2.42. The van der Waals surface area contributed by atoms with Gasteiger partial charge in [0.05, 0.1) is 6.04 Å². The fourth-order valence-corrected chi connectivity index (χ4v) is 2.97. The molecule has 0 amide bonds. The van der Waals surface area contributed by atoms with Crippen LogP contribution in [-0.4, -0.2) is 16.8 Å². The number of carbonyl (C=O) groups is 1. The summed E-state index contributed by atoms with van der Waals surface area (Å²) in [5, 5.41) is 3.33. The Morgan fingerprint density at radius 2 is 2.10 bits per heavy atom. The van der Waals surface area contributed by atoms with Crippen molar-refractivity contribution in [1.82, 2.24) is 10.3 Å². The Bertz CT molecular complexity index is 642. The minimum atomic E-state index is -0.0936. The average Bonchev–Trinajstić information content (AvgIpc) is 2.47. The van der Waals surface area contributed by atoms with Crippen molar-refractivity contribution in [2.75, 3.05) is 0 Å². The van der Waals surface area contributed by atoms with Crippen LogP contribution in [0.25, 0.3) is 0 Å². The monoisotopic (exact) mass is 330 g/mol. The van der Waals surface area contributed by atoms with Gasteiger partial charge in [0.15, 0.2) is 5.78 Å². The summed E-state index contributed by atoms with van der Waals surface area (Å²) in [5.41, 5.74) is 3.52. The Kier molecular flexibility index (Phi) is 3.94. The SMILES string of the molecule is O=C(Cc1cncc(Br)c1)C1Cc2ccccc2CN1. The second-order valence-corrected chi connectivity index (χ2v) is 5.98. The Morgan fingerprint density at radius 3 is 2.90 bits per heavy atom. The summed E-state index contributed by atoms with van der Waals surface area (Å²) in [6.07, 6.45) is 4.67. The van der Waals surface area contributed by atoms with Crippen LogP contribution in [0.1, 0.15) is 16.7 Å².